The zero-order valence-corrected chi connectivity index (χ0v) is 14.4. The lowest BCUT2D eigenvalue weighted by Gasteiger charge is -2.41. The number of nitrogens with zero attached hydrogens (tertiary/aromatic N) is 2. The Morgan fingerprint density at radius 3 is 2.65 bits per heavy atom. The van der Waals surface area contributed by atoms with Crippen LogP contribution in [0.1, 0.15) is 32.7 Å². The number of ether oxygens (including phenoxy) is 1. The van der Waals surface area contributed by atoms with Gasteiger partial charge in [0.25, 0.3) is 0 Å². The van der Waals surface area contributed by atoms with Crippen LogP contribution in [0.2, 0.25) is 0 Å². The Morgan fingerprint density at radius 2 is 2.13 bits per heavy atom. The molecule has 1 heterocycles. The summed E-state index contributed by atoms with van der Waals surface area (Å²) >= 11 is 0. The van der Waals surface area contributed by atoms with Gasteiger partial charge in [0, 0.05) is 11.7 Å². The summed E-state index contributed by atoms with van der Waals surface area (Å²) in [6, 6.07) is 3.63. The molecule has 5 heteroatoms. The SMILES string of the molecule is CC1=C(O)C=CC(C)(OCC2(N(C)C)CC2)C1n1cccc1N. The minimum Gasteiger partial charge on any atom is -0.508 e. The number of hydrogen-bond donors (Lipinski definition) is 2. The summed E-state index contributed by atoms with van der Waals surface area (Å²) in [4.78, 5) is 2.25. The van der Waals surface area contributed by atoms with Crippen LogP contribution in [-0.4, -0.2) is 46.4 Å². The number of nitrogen functional groups attached to an aromatic ring is 1. The van der Waals surface area contributed by atoms with E-state index in [2.05, 4.69) is 25.9 Å². The fourth-order valence-electron chi connectivity index (χ4n) is 3.45. The Labute approximate surface area is 138 Å². The molecule has 2 unspecified atom stereocenters. The van der Waals surface area contributed by atoms with Gasteiger partial charge >= 0.3 is 0 Å². The Morgan fingerprint density at radius 1 is 1.43 bits per heavy atom. The first-order chi connectivity index (χ1) is 10.8. The zero-order chi connectivity index (χ0) is 16.8. The fourth-order valence-corrected chi connectivity index (χ4v) is 3.45. The van der Waals surface area contributed by atoms with Gasteiger partial charge in [0.2, 0.25) is 0 Å². The predicted octanol–water partition coefficient (Wildman–Crippen LogP) is 2.88. The number of aromatic nitrogens is 1. The maximum Gasteiger partial charge on any atom is 0.116 e. The van der Waals surface area contributed by atoms with Gasteiger partial charge in [0.1, 0.15) is 17.2 Å². The molecule has 0 bridgehead atoms. The van der Waals surface area contributed by atoms with Crippen molar-refractivity contribution in [1.29, 1.82) is 0 Å². The molecule has 0 amide bonds. The predicted molar refractivity (Wildman–Crippen MR) is 92.4 cm³/mol. The molecule has 0 saturated heterocycles. The maximum absolute atomic E-state index is 10.2. The molecule has 23 heavy (non-hydrogen) atoms. The molecule has 2 aliphatic rings. The molecule has 0 aliphatic heterocycles. The first kappa shape index (κ1) is 16.1. The second kappa shape index (κ2) is 5.42. The third-order valence-electron chi connectivity index (χ3n) is 5.45. The summed E-state index contributed by atoms with van der Waals surface area (Å²) in [5.41, 5.74) is 6.59. The van der Waals surface area contributed by atoms with Crippen LogP contribution in [0.15, 0.2) is 41.8 Å². The molecule has 1 aromatic heterocycles. The van der Waals surface area contributed by atoms with Crippen LogP contribution in [0.3, 0.4) is 0 Å². The number of rotatable bonds is 5. The summed E-state index contributed by atoms with van der Waals surface area (Å²) in [5, 5.41) is 10.2. The van der Waals surface area contributed by atoms with Gasteiger partial charge in [-0.25, -0.2) is 0 Å². The van der Waals surface area contributed by atoms with Gasteiger partial charge < -0.3 is 25.0 Å². The van der Waals surface area contributed by atoms with Crippen molar-refractivity contribution in [3.05, 3.63) is 41.8 Å². The van der Waals surface area contributed by atoms with Crippen LogP contribution in [0, 0.1) is 0 Å². The van der Waals surface area contributed by atoms with E-state index in [0.717, 1.165) is 18.4 Å². The molecule has 0 spiro atoms. The molecular formula is C18H27N3O2. The number of likely N-dealkylation sites (N-methyl/N-ethyl adjacent to an activating group) is 1. The number of aliphatic hydroxyl groups excluding tert-OH is 1. The second-order valence-corrected chi connectivity index (χ2v) is 7.24. The minimum atomic E-state index is -0.547. The molecule has 5 nitrogen and oxygen atoms in total. The third-order valence-corrected chi connectivity index (χ3v) is 5.45. The van der Waals surface area contributed by atoms with Crippen LogP contribution in [-0.2, 0) is 4.74 Å². The lowest BCUT2D eigenvalue weighted by atomic mass is 9.85. The maximum atomic E-state index is 10.2. The zero-order valence-electron chi connectivity index (χ0n) is 14.4. The molecule has 3 N–H and O–H groups in total. The monoisotopic (exact) mass is 317 g/mol. The lowest BCUT2D eigenvalue weighted by molar-refractivity contribution is -0.0518. The van der Waals surface area contributed by atoms with E-state index in [9.17, 15) is 5.11 Å². The minimum absolute atomic E-state index is 0.152. The van der Waals surface area contributed by atoms with Crippen LogP contribution < -0.4 is 5.73 Å². The second-order valence-electron chi connectivity index (χ2n) is 7.24. The first-order valence-electron chi connectivity index (χ1n) is 8.12. The fraction of sp³-hybridized carbons (Fsp3) is 0.556. The van der Waals surface area contributed by atoms with Crippen LogP contribution in [0.5, 0.6) is 0 Å². The number of anilines is 1. The molecule has 2 atom stereocenters. The van der Waals surface area contributed by atoms with Crippen LogP contribution in [0.4, 0.5) is 5.82 Å². The molecule has 2 aliphatic carbocycles. The van der Waals surface area contributed by atoms with E-state index in [4.69, 9.17) is 10.5 Å². The lowest BCUT2D eigenvalue weighted by Crippen LogP contribution is -2.45. The van der Waals surface area contributed by atoms with E-state index in [1.54, 1.807) is 6.08 Å². The highest BCUT2D eigenvalue weighted by atomic mass is 16.5. The Hall–Kier alpha value is -1.72. The van der Waals surface area contributed by atoms with E-state index < -0.39 is 5.60 Å². The highest BCUT2D eigenvalue weighted by Crippen LogP contribution is 2.45. The van der Waals surface area contributed by atoms with Gasteiger partial charge in [-0.2, -0.15) is 0 Å². The Balaban J connectivity index is 1.90. The van der Waals surface area contributed by atoms with Crippen molar-refractivity contribution in [2.24, 2.45) is 0 Å². The average molecular weight is 317 g/mol. The standard InChI is InChI=1S/C18H27N3O2/c1-13-14(22)7-8-17(2,16(13)21-11-5-6-15(21)19)23-12-18(9-10-18)20(3)4/h5-8,11,16,22H,9-10,12,19H2,1-4H3. The van der Waals surface area contributed by atoms with E-state index in [-0.39, 0.29) is 17.3 Å². The first-order valence-corrected chi connectivity index (χ1v) is 8.12. The molecule has 1 saturated carbocycles. The Kier molecular flexibility index (Phi) is 3.81. The number of hydrogen-bond acceptors (Lipinski definition) is 4. The summed E-state index contributed by atoms with van der Waals surface area (Å²) in [5.74, 6) is 0.957. The Bertz CT molecular complexity index is 655. The summed E-state index contributed by atoms with van der Waals surface area (Å²) in [6.45, 7) is 4.67. The summed E-state index contributed by atoms with van der Waals surface area (Å²) < 4.78 is 8.40. The van der Waals surface area contributed by atoms with Crippen molar-refractivity contribution in [3.63, 3.8) is 0 Å². The number of allylic oxidation sites excluding steroid dienone is 1. The van der Waals surface area contributed by atoms with Crippen molar-refractivity contribution in [2.45, 2.75) is 43.9 Å². The molecule has 1 fully saturated rings. The summed E-state index contributed by atoms with van der Waals surface area (Å²) in [7, 11) is 4.21. The van der Waals surface area contributed by atoms with Gasteiger partial charge in [0.05, 0.1) is 12.6 Å². The molecule has 126 valence electrons. The molecule has 0 aromatic carbocycles. The highest BCUT2D eigenvalue weighted by molar-refractivity contribution is 5.39. The normalized spacial score (nSPS) is 29.3. The van der Waals surface area contributed by atoms with Crippen molar-refractivity contribution in [1.82, 2.24) is 9.47 Å². The van der Waals surface area contributed by atoms with Crippen molar-refractivity contribution < 1.29 is 9.84 Å². The molecule has 0 radical (unpaired) electrons. The van der Waals surface area contributed by atoms with E-state index in [0.29, 0.717) is 12.4 Å². The van der Waals surface area contributed by atoms with Crippen molar-refractivity contribution >= 4 is 5.82 Å². The molecule has 3 rings (SSSR count). The largest absolute Gasteiger partial charge is 0.508 e. The van der Waals surface area contributed by atoms with Gasteiger partial charge in [-0.1, -0.05) is 0 Å². The van der Waals surface area contributed by atoms with Crippen LogP contribution >= 0.6 is 0 Å². The van der Waals surface area contributed by atoms with Crippen molar-refractivity contribution in [3.8, 4) is 0 Å². The number of aliphatic hydroxyl groups is 1. The van der Waals surface area contributed by atoms with Gasteiger partial charge in [-0.05, 0) is 70.6 Å². The highest BCUT2D eigenvalue weighted by Gasteiger charge is 2.48. The third kappa shape index (κ3) is 2.68. The van der Waals surface area contributed by atoms with E-state index in [1.807, 2.05) is 35.9 Å². The topological polar surface area (TPSA) is 63.7 Å². The van der Waals surface area contributed by atoms with Gasteiger partial charge in [-0.3, -0.25) is 0 Å². The number of nitrogens with two attached hydrogens (primary N) is 1. The van der Waals surface area contributed by atoms with Crippen LogP contribution in [0.25, 0.3) is 0 Å². The molecular weight excluding hydrogens is 290 g/mol. The van der Waals surface area contributed by atoms with E-state index >= 15 is 0 Å². The molecule has 1 aromatic rings. The smallest absolute Gasteiger partial charge is 0.116 e. The van der Waals surface area contributed by atoms with Gasteiger partial charge in [-0.15, -0.1) is 0 Å². The quantitative estimate of drug-likeness (QED) is 0.876. The summed E-state index contributed by atoms with van der Waals surface area (Å²) in [6.07, 6.45) is 7.95. The van der Waals surface area contributed by atoms with E-state index in [1.165, 1.54) is 0 Å². The van der Waals surface area contributed by atoms with Crippen molar-refractivity contribution in [2.75, 3.05) is 26.4 Å². The van der Waals surface area contributed by atoms with Gasteiger partial charge in [0.15, 0.2) is 0 Å². The average Bonchev–Trinajstić information content (AvgIpc) is 3.20.